The van der Waals surface area contributed by atoms with Crippen molar-refractivity contribution >= 4 is 5.78 Å². The summed E-state index contributed by atoms with van der Waals surface area (Å²) in [5.41, 5.74) is 0.344. The van der Waals surface area contributed by atoms with Crippen molar-refractivity contribution in [2.75, 3.05) is 0 Å². The fourth-order valence-electron chi connectivity index (χ4n) is 1.72. The Morgan fingerprint density at radius 3 is 2.63 bits per heavy atom. The average molecular weight is 259 g/mol. The first kappa shape index (κ1) is 13.2. The van der Waals surface area contributed by atoms with Gasteiger partial charge in [-0.15, -0.1) is 0 Å². The van der Waals surface area contributed by atoms with E-state index < -0.39 is 11.6 Å². The molecule has 1 heterocycles. The molecule has 0 amide bonds. The Labute approximate surface area is 111 Å². The van der Waals surface area contributed by atoms with Crippen LogP contribution in [0, 0.1) is 5.82 Å². The Kier molecular flexibility index (Phi) is 3.90. The molecule has 0 spiro atoms. The molecule has 2 aromatic rings. The van der Waals surface area contributed by atoms with Crippen LogP contribution in [0.2, 0.25) is 0 Å². The number of ketones is 1. The molecule has 1 aromatic carbocycles. The minimum atomic E-state index is -0.633. The number of para-hydroxylation sites is 1. The van der Waals surface area contributed by atoms with E-state index in [-0.39, 0.29) is 11.7 Å². The summed E-state index contributed by atoms with van der Waals surface area (Å²) in [6, 6.07) is 8.19. The molecule has 3 nitrogen and oxygen atoms in total. The number of hydrogen-bond donors (Lipinski definition) is 0. The highest BCUT2D eigenvalue weighted by molar-refractivity contribution is 6.10. The maximum absolute atomic E-state index is 13.6. The Bertz CT molecular complexity index is 596. The van der Waals surface area contributed by atoms with Gasteiger partial charge in [-0.1, -0.05) is 12.1 Å². The Hall–Kier alpha value is -2.23. The number of hydrogen-bond acceptors (Lipinski definition) is 3. The van der Waals surface area contributed by atoms with Gasteiger partial charge in [0, 0.05) is 6.20 Å². The Balaban J connectivity index is 2.42. The lowest BCUT2D eigenvalue weighted by atomic mass is 10.0. The van der Waals surface area contributed by atoms with E-state index in [0.717, 1.165) is 6.20 Å². The van der Waals surface area contributed by atoms with Crippen LogP contribution in [0.25, 0.3) is 0 Å². The van der Waals surface area contributed by atoms with E-state index in [1.165, 1.54) is 12.3 Å². The topological polar surface area (TPSA) is 39.2 Å². The molecule has 2 rings (SSSR count). The smallest absolute Gasteiger partial charge is 0.199 e. The molecule has 0 aliphatic rings. The SMILES string of the molecule is CC(C)Oc1ccccc1C(=O)c1ccncc1F. The molecule has 0 bridgehead atoms. The predicted octanol–water partition coefficient (Wildman–Crippen LogP) is 3.24. The molecule has 98 valence electrons. The van der Waals surface area contributed by atoms with E-state index in [9.17, 15) is 9.18 Å². The standard InChI is InChI=1S/C15H14FNO2/c1-10(2)19-14-6-4-3-5-12(14)15(18)11-7-8-17-9-13(11)16/h3-10H,1-2H3. The molecule has 0 aliphatic carbocycles. The summed E-state index contributed by atoms with van der Waals surface area (Å²) < 4.78 is 19.2. The maximum Gasteiger partial charge on any atom is 0.199 e. The zero-order valence-electron chi connectivity index (χ0n) is 10.8. The molecule has 0 saturated heterocycles. The molecule has 19 heavy (non-hydrogen) atoms. The third kappa shape index (κ3) is 2.96. The summed E-state index contributed by atoms with van der Waals surface area (Å²) in [4.78, 5) is 16.0. The van der Waals surface area contributed by atoms with Crippen LogP contribution in [0.1, 0.15) is 29.8 Å². The fourth-order valence-corrected chi connectivity index (χ4v) is 1.72. The molecule has 0 aliphatic heterocycles. The van der Waals surface area contributed by atoms with Crippen LogP contribution >= 0.6 is 0 Å². The second-order valence-corrected chi connectivity index (χ2v) is 4.35. The lowest BCUT2D eigenvalue weighted by Crippen LogP contribution is -2.11. The first-order chi connectivity index (χ1) is 9.09. The number of ether oxygens (including phenoxy) is 1. The number of carbonyl (C=O) groups is 1. The highest BCUT2D eigenvalue weighted by atomic mass is 19.1. The van der Waals surface area contributed by atoms with Gasteiger partial charge in [0.2, 0.25) is 0 Å². The van der Waals surface area contributed by atoms with Crippen LogP contribution in [0.3, 0.4) is 0 Å². The van der Waals surface area contributed by atoms with Crippen LogP contribution in [-0.4, -0.2) is 16.9 Å². The van der Waals surface area contributed by atoms with Gasteiger partial charge < -0.3 is 4.74 Å². The largest absolute Gasteiger partial charge is 0.490 e. The Morgan fingerprint density at radius 2 is 1.95 bits per heavy atom. The van der Waals surface area contributed by atoms with E-state index in [2.05, 4.69) is 4.98 Å². The third-order valence-corrected chi connectivity index (χ3v) is 2.51. The number of carbonyl (C=O) groups excluding carboxylic acids is 1. The number of halogens is 1. The lowest BCUT2D eigenvalue weighted by molar-refractivity contribution is 0.102. The van der Waals surface area contributed by atoms with Gasteiger partial charge in [-0.05, 0) is 32.0 Å². The molecule has 0 unspecified atom stereocenters. The van der Waals surface area contributed by atoms with Crippen molar-refractivity contribution in [2.24, 2.45) is 0 Å². The van der Waals surface area contributed by atoms with Gasteiger partial charge in [-0.3, -0.25) is 9.78 Å². The molecule has 0 N–H and O–H groups in total. The summed E-state index contributed by atoms with van der Waals surface area (Å²) in [7, 11) is 0. The van der Waals surface area contributed by atoms with Crippen molar-refractivity contribution in [1.29, 1.82) is 0 Å². The number of rotatable bonds is 4. The van der Waals surface area contributed by atoms with E-state index in [1.54, 1.807) is 24.3 Å². The second kappa shape index (κ2) is 5.61. The minimum absolute atomic E-state index is 0.00481. The van der Waals surface area contributed by atoms with E-state index >= 15 is 0 Å². The van der Waals surface area contributed by atoms with E-state index in [1.807, 2.05) is 13.8 Å². The minimum Gasteiger partial charge on any atom is -0.490 e. The summed E-state index contributed by atoms with van der Waals surface area (Å²) in [5.74, 6) is -0.582. The van der Waals surface area contributed by atoms with Crippen molar-refractivity contribution in [2.45, 2.75) is 20.0 Å². The van der Waals surface area contributed by atoms with Crippen molar-refractivity contribution < 1.29 is 13.9 Å². The number of nitrogens with zero attached hydrogens (tertiary/aromatic N) is 1. The van der Waals surface area contributed by atoms with Crippen LogP contribution in [0.4, 0.5) is 4.39 Å². The quantitative estimate of drug-likeness (QED) is 0.791. The summed E-state index contributed by atoms with van der Waals surface area (Å²) >= 11 is 0. The summed E-state index contributed by atoms with van der Waals surface area (Å²) in [6.07, 6.45) is 2.36. The van der Waals surface area contributed by atoms with Crippen LogP contribution in [0.15, 0.2) is 42.7 Å². The van der Waals surface area contributed by atoms with Crippen LogP contribution in [0.5, 0.6) is 5.75 Å². The van der Waals surface area contributed by atoms with Crippen molar-refractivity contribution in [3.05, 3.63) is 59.7 Å². The predicted molar refractivity (Wildman–Crippen MR) is 69.8 cm³/mol. The van der Waals surface area contributed by atoms with Crippen molar-refractivity contribution in [3.8, 4) is 5.75 Å². The average Bonchev–Trinajstić information content (AvgIpc) is 2.38. The Morgan fingerprint density at radius 1 is 1.21 bits per heavy atom. The highest BCUT2D eigenvalue weighted by Gasteiger charge is 2.18. The zero-order chi connectivity index (χ0) is 13.8. The van der Waals surface area contributed by atoms with Gasteiger partial charge in [-0.2, -0.15) is 0 Å². The van der Waals surface area contributed by atoms with Crippen molar-refractivity contribution in [1.82, 2.24) is 4.98 Å². The normalized spacial score (nSPS) is 10.5. The van der Waals surface area contributed by atoms with Gasteiger partial charge in [0.25, 0.3) is 0 Å². The van der Waals surface area contributed by atoms with Crippen LogP contribution < -0.4 is 4.74 Å². The van der Waals surface area contributed by atoms with Gasteiger partial charge in [0.1, 0.15) is 5.75 Å². The second-order valence-electron chi connectivity index (χ2n) is 4.35. The first-order valence-electron chi connectivity index (χ1n) is 5.99. The fraction of sp³-hybridized carbons (Fsp3) is 0.200. The number of benzene rings is 1. The van der Waals surface area contributed by atoms with E-state index in [0.29, 0.717) is 11.3 Å². The maximum atomic E-state index is 13.6. The molecule has 4 heteroatoms. The van der Waals surface area contributed by atoms with Gasteiger partial charge >= 0.3 is 0 Å². The molecular formula is C15H14FNO2. The molecule has 1 aromatic heterocycles. The monoisotopic (exact) mass is 259 g/mol. The van der Waals surface area contributed by atoms with Crippen LogP contribution in [-0.2, 0) is 0 Å². The molecular weight excluding hydrogens is 245 g/mol. The number of pyridine rings is 1. The molecule has 0 radical (unpaired) electrons. The molecule has 0 fully saturated rings. The van der Waals surface area contributed by atoms with Crippen molar-refractivity contribution in [3.63, 3.8) is 0 Å². The number of aromatic nitrogens is 1. The summed E-state index contributed by atoms with van der Waals surface area (Å²) in [5, 5.41) is 0. The first-order valence-corrected chi connectivity index (χ1v) is 5.99. The molecule has 0 atom stereocenters. The van der Waals surface area contributed by atoms with Gasteiger partial charge in [-0.25, -0.2) is 4.39 Å². The highest BCUT2D eigenvalue weighted by Crippen LogP contribution is 2.23. The van der Waals surface area contributed by atoms with E-state index in [4.69, 9.17) is 4.74 Å². The van der Waals surface area contributed by atoms with Gasteiger partial charge in [0.05, 0.1) is 23.4 Å². The zero-order valence-corrected chi connectivity index (χ0v) is 10.8. The third-order valence-electron chi connectivity index (χ3n) is 2.51. The summed E-state index contributed by atoms with van der Waals surface area (Å²) in [6.45, 7) is 3.74. The molecule has 0 saturated carbocycles. The lowest BCUT2D eigenvalue weighted by Gasteiger charge is -2.13. The van der Waals surface area contributed by atoms with Gasteiger partial charge in [0.15, 0.2) is 11.6 Å².